The predicted octanol–water partition coefficient (Wildman–Crippen LogP) is 6.22. The van der Waals surface area contributed by atoms with Crippen LogP contribution in [0.2, 0.25) is 5.02 Å². The molecule has 1 aliphatic heterocycles. The Morgan fingerprint density at radius 3 is 2.54 bits per heavy atom. The third-order valence-corrected chi connectivity index (χ3v) is 6.90. The van der Waals surface area contributed by atoms with E-state index >= 15 is 0 Å². The van der Waals surface area contributed by atoms with E-state index in [9.17, 15) is 27.9 Å². The van der Waals surface area contributed by atoms with Crippen LogP contribution in [0.15, 0.2) is 60.7 Å². The van der Waals surface area contributed by atoms with Gasteiger partial charge in [0.15, 0.2) is 12.2 Å². The average molecular weight is 564 g/mol. The SMILES string of the molecule is CCOC(=O)c1cccc(Oc2ccc(Cl)c(C(C)C(O)(c3ccc4c(c3)N(C)C(=O)CO4)C(F)(F)F)c2)c1. The summed E-state index contributed by atoms with van der Waals surface area (Å²) in [7, 11) is 1.41. The number of carbonyl (C=O) groups excluding carboxylic acids is 2. The highest BCUT2D eigenvalue weighted by molar-refractivity contribution is 6.31. The molecular weight excluding hydrogens is 539 g/mol. The summed E-state index contributed by atoms with van der Waals surface area (Å²) in [6.07, 6.45) is -5.13. The van der Waals surface area contributed by atoms with Gasteiger partial charge in [0.2, 0.25) is 0 Å². The lowest BCUT2D eigenvalue weighted by atomic mass is 9.77. The number of carbonyl (C=O) groups is 2. The summed E-state index contributed by atoms with van der Waals surface area (Å²) in [5.41, 5.74) is -3.58. The van der Waals surface area contributed by atoms with Crippen LogP contribution in [-0.2, 0) is 15.1 Å². The molecule has 0 saturated carbocycles. The monoisotopic (exact) mass is 563 g/mol. The van der Waals surface area contributed by atoms with Crippen molar-refractivity contribution in [3.05, 3.63) is 82.4 Å². The summed E-state index contributed by atoms with van der Waals surface area (Å²) in [5, 5.41) is 11.3. The van der Waals surface area contributed by atoms with E-state index in [0.717, 1.165) is 12.1 Å². The smallest absolute Gasteiger partial charge is 0.422 e. The molecule has 0 saturated heterocycles. The second kappa shape index (κ2) is 10.8. The first-order chi connectivity index (χ1) is 18.4. The summed E-state index contributed by atoms with van der Waals surface area (Å²) in [6.45, 7) is 2.82. The zero-order chi connectivity index (χ0) is 28.5. The van der Waals surface area contributed by atoms with E-state index in [-0.39, 0.29) is 52.3 Å². The third kappa shape index (κ3) is 5.39. The molecule has 1 N–H and O–H groups in total. The van der Waals surface area contributed by atoms with E-state index in [1.54, 1.807) is 19.1 Å². The highest BCUT2D eigenvalue weighted by Gasteiger charge is 2.59. The van der Waals surface area contributed by atoms with Crippen LogP contribution in [0.1, 0.15) is 41.3 Å². The van der Waals surface area contributed by atoms with Gasteiger partial charge < -0.3 is 24.2 Å². The van der Waals surface area contributed by atoms with Gasteiger partial charge >= 0.3 is 12.1 Å². The van der Waals surface area contributed by atoms with Crippen molar-refractivity contribution in [2.75, 3.05) is 25.2 Å². The van der Waals surface area contributed by atoms with Crippen LogP contribution in [-0.4, -0.2) is 43.4 Å². The minimum atomic E-state index is -5.13. The minimum absolute atomic E-state index is 0.0219. The lowest BCUT2D eigenvalue weighted by Gasteiger charge is -2.38. The summed E-state index contributed by atoms with van der Waals surface area (Å²) >= 11 is 6.33. The number of likely N-dealkylation sites (N-methyl/N-ethyl adjacent to an activating group) is 1. The number of esters is 1. The Bertz CT molecular complexity index is 1410. The number of fused-ring (bicyclic) bond motifs is 1. The molecule has 3 aromatic rings. The van der Waals surface area contributed by atoms with Crippen molar-refractivity contribution in [1.82, 2.24) is 0 Å². The maximum Gasteiger partial charge on any atom is 0.422 e. The topological polar surface area (TPSA) is 85.3 Å². The first-order valence-corrected chi connectivity index (χ1v) is 12.3. The molecule has 2 atom stereocenters. The Morgan fingerprint density at radius 1 is 1.13 bits per heavy atom. The predicted molar refractivity (Wildman–Crippen MR) is 138 cm³/mol. The Balaban J connectivity index is 1.72. The Hall–Kier alpha value is -3.76. The van der Waals surface area contributed by atoms with Crippen molar-refractivity contribution in [3.8, 4) is 17.2 Å². The molecule has 2 unspecified atom stereocenters. The van der Waals surface area contributed by atoms with Crippen molar-refractivity contribution in [3.63, 3.8) is 0 Å². The largest absolute Gasteiger partial charge is 0.482 e. The molecule has 0 spiro atoms. The molecule has 7 nitrogen and oxygen atoms in total. The number of hydrogen-bond acceptors (Lipinski definition) is 6. The molecule has 0 fully saturated rings. The van der Waals surface area contributed by atoms with E-state index in [4.69, 9.17) is 25.8 Å². The fraction of sp³-hybridized carbons (Fsp3) is 0.286. The summed E-state index contributed by atoms with van der Waals surface area (Å²) in [5.74, 6) is -2.00. The molecule has 1 aliphatic rings. The van der Waals surface area contributed by atoms with Crippen LogP contribution in [0.25, 0.3) is 0 Å². The van der Waals surface area contributed by atoms with Crippen LogP contribution in [0.3, 0.4) is 0 Å². The molecule has 11 heteroatoms. The molecule has 1 amide bonds. The molecule has 206 valence electrons. The highest BCUT2D eigenvalue weighted by Crippen LogP contribution is 2.51. The fourth-order valence-electron chi connectivity index (χ4n) is 4.35. The fourth-order valence-corrected chi connectivity index (χ4v) is 4.63. The van der Waals surface area contributed by atoms with Gasteiger partial charge in [0, 0.05) is 18.0 Å². The van der Waals surface area contributed by atoms with E-state index in [0.29, 0.717) is 0 Å². The zero-order valence-electron chi connectivity index (χ0n) is 21.2. The van der Waals surface area contributed by atoms with Gasteiger partial charge in [0.05, 0.1) is 17.9 Å². The first-order valence-electron chi connectivity index (χ1n) is 11.9. The van der Waals surface area contributed by atoms with E-state index in [1.165, 1.54) is 55.3 Å². The van der Waals surface area contributed by atoms with Crippen LogP contribution in [0, 0.1) is 0 Å². The average Bonchev–Trinajstić information content (AvgIpc) is 2.90. The van der Waals surface area contributed by atoms with E-state index < -0.39 is 35.1 Å². The van der Waals surface area contributed by atoms with Crippen molar-refractivity contribution in [2.24, 2.45) is 0 Å². The zero-order valence-corrected chi connectivity index (χ0v) is 22.0. The van der Waals surface area contributed by atoms with E-state index in [1.807, 2.05) is 0 Å². The van der Waals surface area contributed by atoms with Crippen molar-refractivity contribution >= 4 is 29.2 Å². The van der Waals surface area contributed by atoms with Crippen LogP contribution in [0.4, 0.5) is 18.9 Å². The number of hydrogen-bond donors (Lipinski definition) is 1. The molecule has 0 aromatic heterocycles. The van der Waals surface area contributed by atoms with Crippen LogP contribution >= 0.6 is 11.6 Å². The normalized spacial score (nSPS) is 15.6. The van der Waals surface area contributed by atoms with E-state index in [2.05, 4.69) is 0 Å². The second-order valence-corrected chi connectivity index (χ2v) is 9.35. The molecule has 0 aliphatic carbocycles. The summed E-state index contributed by atoms with van der Waals surface area (Å²) in [4.78, 5) is 25.3. The van der Waals surface area contributed by atoms with Crippen LogP contribution < -0.4 is 14.4 Å². The number of alkyl halides is 3. The molecule has 0 bridgehead atoms. The lowest BCUT2D eigenvalue weighted by Crippen LogP contribution is -2.47. The van der Waals surface area contributed by atoms with Gasteiger partial charge in [0.1, 0.15) is 17.2 Å². The van der Waals surface area contributed by atoms with Gasteiger partial charge in [-0.25, -0.2) is 4.79 Å². The van der Waals surface area contributed by atoms with Crippen LogP contribution in [0.5, 0.6) is 17.2 Å². The Morgan fingerprint density at radius 2 is 1.85 bits per heavy atom. The number of rotatable bonds is 7. The number of amides is 1. The summed E-state index contributed by atoms with van der Waals surface area (Å²) in [6, 6.07) is 13.7. The quantitative estimate of drug-likeness (QED) is 0.344. The molecular formula is C28H25ClF3NO6. The maximum atomic E-state index is 14.6. The number of anilines is 1. The standard InChI is InChI=1S/C28H25ClF3NO6/c1-4-37-26(35)17-6-5-7-19(12-17)39-20-9-10-22(29)21(14-20)16(2)27(36,28(30,31)32)18-8-11-24-23(13-18)33(3)25(34)15-38-24/h5-14,16,36H,4,15H2,1-3H3. The first kappa shape index (κ1) is 28.3. The minimum Gasteiger partial charge on any atom is -0.482 e. The number of halogens is 4. The number of nitrogens with zero attached hydrogens (tertiary/aromatic N) is 1. The molecule has 4 rings (SSSR count). The number of benzene rings is 3. The number of ether oxygens (including phenoxy) is 3. The number of aliphatic hydroxyl groups is 1. The van der Waals surface area contributed by atoms with Gasteiger partial charge in [0.25, 0.3) is 5.91 Å². The molecule has 39 heavy (non-hydrogen) atoms. The van der Waals surface area contributed by atoms with Gasteiger partial charge in [-0.1, -0.05) is 30.7 Å². The van der Waals surface area contributed by atoms with Crippen molar-refractivity contribution in [2.45, 2.75) is 31.5 Å². The molecule has 0 radical (unpaired) electrons. The second-order valence-electron chi connectivity index (χ2n) is 8.94. The van der Waals surface area contributed by atoms with Crippen molar-refractivity contribution in [1.29, 1.82) is 0 Å². The van der Waals surface area contributed by atoms with Gasteiger partial charge in [-0.05, 0) is 66.6 Å². The third-order valence-electron chi connectivity index (χ3n) is 6.56. The summed E-state index contributed by atoms with van der Waals surface area (Å²) < 4.78 is 59.9. The van der Waals surface area contributed by atoms with Crippen molar-refractivity contribution < 1.29 is 42.1 Å². The van der Waals surface area contributed by atoms with Gasteiger partial charge in [-0.15, -0.1) is 0 Å². The van der Waals surface area contributed by atoms with Gasteiger partial charge in [-0.3, -0.25) is 4.79 Å². The lowest BCUT2D eigenvalue weighted by molar-refractivity contribution is -0.274. The maximum absolute atomic E-state index is 14.6. The van der Waals surface area contributed by atoms with Gasteiger partial charge in [-0.2, -0.15) is 13.2 Å². The molecule has 3 aromatic carbocycles. The Kier molecular flexibility index (Phi) is 7.81. The highest BCUT2D eigenvalue weighted by atomic mass is 35.5. The molecule has 1 heterocycles. The Labute approximate surface area is 227 Å².